The number of amides is 2. The van der Waals surface area contributed by atoms with E-state index in [1.54, 1.807) is 12.1 Å². The Labute approximate surface area is 193 Å². The minimum absolute atomic E-state index is 0.0198. The van der Waals surface area contributed by atoms with Gasteiger partial charge < -0.3 is 21.7 Å². The van der Waals surface area contributed by atoms with Crippen LogP contribution in [0.2, 0.25) is 0 Å². The molecule has 2 aromatic carbocycles. The molecule has 0 radical (unpaired) electrons. The number of benzene rings is 2. The molecule has 1 fully saturated rings. The average Bonchev–Trinajstić information content (AvgIpc) is 2.81. The zero-order chi connectivity index (χ0) is 23.2. The molecule has 0 spiro atoms. The summed E-state index contributed by atoms with van der Waals surface area (Å²) in [5.41, 5.74) is 9.68. The van der Waals surface area contributed by atoms with Crippen molar-refractivity contribution in [2.24, 2.45) is 5.73 Å². The van der Waals surface area contributed by atoms with Crippen LogP contribution in [0.3, 0.4) is 0 Å². The minimum atomic E-state index is -0.149. The molecular formula is C25H28N6O2. The van der Waals surface area contributed by atoms with Crippen LogP contribution in [0, 0.1) is 0 Å². The number of nitrogens with two attached hydrogens (primary N) is 1. The van der Waals surface area contributed by atoms with Crippen molar-refractivity contribution in [3.05, 3.63) is 66.5 Å². The Morgan fingerprint density at radius 2 is 1.76 bits per heavy atom. The highest BCUT2D eigenvalue weighted by atomic mass is 16.2. The SMILES string of the molecule is CC(=O)Nc1ccccc1-c1cc(Nc2ccc(C(=O)N[C@H]3CCCC[C@@H]3N)cc2)ncn1. The van der Waals surface area contributed by atoms with Crippen molar-refractivity contribution in [1.82, 2.24) is 15.3 Å². The molecular weight excluding hydrogens is 416 g/mol. The van der Waals surface area contributed by atoms with Crippen molar-refractivity contribution in [1.29, 1.82) is 0 Å². The topological polar surface area (TPSA) is 122 Å². The normalized spacial score (nSPS) is 17.8. The minimum Gasteiger partial charge on any atom is -0.348 e. The molecule has 1 saturated carbocycles. The van der Waals surface area contributed by atoms with E-state index in [0.29, 0.717) is 22.8 Å². The number of aromatic nitrogens is 2. The Bertz CT molecular complexity index is 1130. The van der Waals surface area contributed by atoms with E-state index in [0.717, 1.165) is 36.9 Å². The summed E-state index contributed by atoms with van der Waals surface area (Å²) in [5, 5.41) is 9.13. The second kappa shape index (κ2) is 10.2. The summed E-state index contributed by atoms with van der Waals surface area (Å²) >= 11 is 0. The van der Waals surface area contributed by atoms with Crippen LogP contribution in [0.4, 0.5) is 17.2 Å². The Hall–Kier alpha value is -3.78. The monoisotopic (exact) mass is 444 g/mol. The van der Waals surface area contributed by atoms with Crippen LogP contribution in [0.1, 0.15) is 43.0 Å². The number of nitrogens with zero attached hydrogens (tertiary/aromatic N) is 2. The van der Waals surface area contributed by atoms with Crippen molar-refractivity contribution < 1.29 is 9.59 Å². The summed E-state index contributed by atoms with van der Waals surface area (Å²) in [7, 11) is 0. The van der Waals surface area contributed by atoms with Gasteiger partial charge in [0, 0.05) is 41.9 Å². The van der Waals surface area contributed by atoms with Crippen molar-refractivity contribution in [2.45, 2.75) is 44.7 Å². The van der Waals surface area contributed by atoms with Crippen molar-refractivity contribution in [3.63, 3.8) is 0 Å². The number of hydrogen-bond acceptors (Lipinski definition) is 6. The molecule has 0 saturated heterocycles. The maximum atomic E-state index is 12.6. The zero-order valence-corrected chi connectivity index (χ0v) is 18.5. The average molecular weight is 445 g/mol. The van der Waals surface area contributed by atoms with Gasteiger partial charge in [0.1, 0.15) is 12.1 Å². The van der Waals surface area contributed by atoms with Crippen LogP contribution in [0.15, 0.2) is 60.9 Å². The Kier molecular flexibility index (Phi) is 6.95. The van der Waals surface area contributed by atoms with Crippen LogP contribution in [0.5, 0.6) is 0 Å². The van der Waals surface area contributed by atoms with Crippen molar-refractivity contribution >= 4 is 29.0 Å². The summed E-state index contributed by atoms with van der Waals surface area (Å²) in [6.07, 6.45) is 5.56. The first-order chi connectivity index (χ1) is 16.0. The fraction of sp³-hybridized carbons (Fsp3) is 0.280. The quantitative estimate of drug-likeness (QED) is 0.458. The molecule has 33 heavy (non-hydrogen) atoms. The second-order valence-corrected chi connectivity index (χ2v) is 8.25. The molecule has 8 heteroatoms. The summed E-state index contributed by atoms with van der Waals surface area (Å²) < 4.78 is 0. The predicted octanol–water partition coefficient (Wildman–Crippen LogP) is 3.85. The zero-order valence-electron chi connectivity index (χ0n) is 18.5. The van der Waals surface area contributed by atoms with E-state index in [9.17, 15) is 9.59 Å². The van der Waals surface area contributed by atoms with E-state index < -0.39 is 0 Å². The summed E-state index contributed by atoms with van der Waals surface area (Å²) in [5.74, 6) is 0.343. The first-order valence-corrected chi connectivity index (χ1v) is 11.1. The Balaban J connectivity index is 1.45. The van der Waals surface area contributed by atoms with E-state index in [1.807, 2.05) is 42.5 Å². The fourth-order valence-corrected chi connectivity index (χ4v) is 4.02. The van der Waals surface area contributed by atoms with Crippen molar-refractivity contribution in [3.8, 4) is 11.3 Å². The lowest BCUT2D eigenvalue weighted by Gasteiger charge is -2.29. The molecule has 5 N–H and O–H groups in total. The fourth-order valence-electron chi connectivity index (χ4n) is 4.02. The van der Waals surface area contributed by atoms with E-state index in [2.05, 4.69) is 25.9 Å². The lowest BCUT2D eigenvalue weighted by atomic mass is 9.91. The number of hydrogen-bond donors (Lipinski definition) is 4. The number of nitrogens with one attached hydrogen (secondary N) is 3. The Morgan fingerprint density at radius 3 is 2.52 bits per heavy atom. The number of carbonyl (C=O) groups excluding carboxylic acids is 2. The number of anilines is 3. The standard InChI is InChI=1S/C25H28N6O2/c1-16(32)29-21-8-4-2-6-19(21)23-14-24(28-15-27-23)30-18-12-10-17(11-13-18)25(33)31-22-9-5-3-7-20(22)26/h2,4,6,8,10-15,20,22H,3,5,7,9,26H2,1H3,(H,29,32)(H,31,33)(H,27,28,30)/t20-,22-/m0/s1. The van der Waals surface area contributed by atoms with Crippen LogP contribution in [-0.4, -0.2) is 33.9 Å². The third-order valence-corrected chi connectivity index (χ3v) is 5.74. The second-order valence-electron chi connectivity index (χ2n) is 8.25. The van der Waals surface area contributed by atoms with Gasteiger partial charge in [0.15, 0.2) is 0 Å². The van der Waals surface area contributed by atoms with Crippen LogP contribution >= 0.6 is 0 Å². The van der Waals surface area contributed by atoms with Gasteiger partial charge in [-0.15, -0.1) is 0 Å². The molecule has 4 rings (SSSR count). The summed E-state index contributed by atoms with van der Waals surface area (Å²) in [6, 6.07) is 16.6. The van der Waals surface area contributed by atoms with Gasteiger partial charge in [-0.3, -0.25) is 9.59 Å². The van der Waals surface area contributed by atoms with Crippen LogP contribution in [0.25, 0.3) is 11.3 Å². The molecule has 2 atom stereocenters. The summed E-state index contributed by atoms with van der Waals surface area (Å²) in [6.45, 7) is 1.47. The van der Waals surface area contributed by atoms with Gasteiger partial charge in [-0.2, -0.15) is 0 Å². The molecule has 1 aliphatic carbocycles. The third-order valence-electron chi connectivity index (χ3n) is 5.74. The Morgan fingerprint density at radius 1 is 1.00 bits per heavy atom. The molecule has 2 amide bonds. The highest BCUT2D eigenvalue weighted by Crippen LogP contribution is 2.28. The van der Waals surface area contributed by atoms with Gasteiger partial charge in [-0.25, -0.2) is 9.97 Å². The van der Waals surface area contributed by atoms with E-state index in [4.69, 9.17) is 5.73 Å². The highest BCUT2D eigenvalue weighted by molar-refractivity contribution is 5.95. The van der Waals surface area contributed by atoms with E-state index >= 15 is 0 Å². The number of para-hydroxylation sites is 1. The third kappa shape index (κ3) is 5.72. The maximum Gasteiger partial charge on any atom is 0.251 e. The van der Waals surface area contributed by atoms with Crippen LogP contribution < -0.4 is 21.7 Å². The molecule has 1 aromatic heterocycles. The van der Waals surface area contributed by atoms with E-state index in [-0.39, 0.29) is 23.9 Å². The highest BCUT2D eigenvalue weighted by Gasteiger charge is 2.23. The largest absolute Gasteiger partial charge is 0.348 e. The molecule has 1 heterocycles. The molecule has 0 aliphatic heterocycles. The lowest BCUT2D eigenvalue weighted by Crippen LogP contribution is -2.49. The molecule has 8 nitrogen and oxygen atoms in total. The van der Waals surface area contributed by atoms with Crippen LogP contribution in [-0.2, 0) is 4.79 Å². The number of carbonyl (C=O) groups is 2. The van der Waals surface area contributed by atoms with Gasteiger partial charge in [-0.05, 0) is 43.2 Å². The first kappa shape index (κ1) is 22.4. The molecule has 170 valence electrons. The van der Waals surface area contributed by atoms with Gasteiger partial charge in [0.25, 0.3) is 5.91 Å². The first-order valence-electron chi connectivity index (χ1n) is 11.1. The molecule has 0 bridgehead atoms. The van der Waals surface area contributed by atoms with Gasteiger partial charge >= 0.3 is 0 Å². The molecule has 3 aromatic rings. The molecule has 1 aliphatic rings. The maximum absolute atomic E-state index is 12.6. The van der Waals surface area contributed by atoms with Gasteiger partial charge in [0.2, 0.25) is 5.91 Å². The van der Waals surface area contributed by atoms with Crippen molar-refractivity contribution in [2.75, 3.05) is 10.6 Å². The predicted molar refractivity (Wildman–Crippen MR) is 129 cm³/mol. The smallest absolute Gasteiger partial charge is 0.251 e. The lowest BCUT2D eigenvalue weighted by molar-refractivity contribution is -0.114. The van der Waals surface area contributed by atoms with Gasteiger partial charge in [0.05, 0.1) is 11.4 Å². The van der Waals surface area contributed by atoms with Gasteiger partial charge in [-0.1, -0.05) is 31.0 Å². The summed E-state index contributed by atoms with van der Waals surface area (Å²) in [4.78, 5) is 32.8. The number of rotatable bonds is 6. The molecule has 0 unspecified atom stereocenters. The van der Waals surface area contributed by atoms with E-state index in [1.165, 1.54) is 13.3 Å².